The van der Waals surface area contributed by atoms with Crippen LogP contribution in [-0.4, -0.2) is 26.6 Å². The van der Waals surface area contributed by atoms with E-state index in [4.69, 9.17) is 9.53 Å². The molecule has 0 fully saturated rings. The molecule has 0 spiro atoms. The van der Waals surface area contributed by atoms with Crippen molar-refractivity contribution < 1.29 is 13.9 Å². The van der Waals surface area contributed by atoms with E-state index >= 15 is 0 Å². The number of hydrogen-bond donors (Lipinski definition) is 1. The fourth-order valence-corrected chi connectivity index (χ4v) is 1.73. The SMILES string of the molecule is CC(CO[Si](C)(C)C(C)(C)C)=C(F)CO. The zero-order valence-corrected chi connectivity index (χ0v) is 11.6. The topological polar surface area (TPSA) is 29.5 Å². The van der Waals surface area contributed by atoms with Gasteiger partial charge in [0.25, 0.3) is 0 Å². The highest BCUT2D eigenvalue weighted by molar-refractivity contribution is 6.74. The molecule has 1 N–H and O–H groups in total. The smallest absolute Gasteiger partial charge is 0.192 e. The highest BCUT2D eigenvalue weighted by Crippen LogP contribution is 2.36. The van der Waals surface area contributed by atoms with Crippen molar-refractivity contribution in [3.05, 3.63) is 11.4 Å². The minimum absolute atomic E-state index is 0.128. The van der Waals surface area contributed by atoms with Crippen molar-refractivity contribution in [3.63, 3.8) is 0 Å². The molecule has 0 aliphatic heterocycles. The third kappa shape index (κ3) is 4.45. The molecule has 0 saturated heterocycles. The molecule has 0 saturated carbocycles. The standard InChI is InChI=1S/C11H23FO2Si/c1-9(10(12)7-13)8-14-15(5,6)11(2,3)4/h13H,7-8H2,1-6H3. The summed E-state index contributed by atoms with van der Waals surface area (Å²) in [5.41, 5.74) is 0.488. The van der Waals surface area contributed by atoms with Crippen LogP contribution < -0.4 is 0 Å². The third-order valence-corrected chi connectivity index (χ3v) is 7.54. The van der Waals surface area contributed by atoms with E-state index in [2.05, 4.69) is 33.9 Å². The number of aliphatic hydroxyl groups is 1. The molecule has 0 unspecified atom stereocenters. The fraction of sp³-hybridized carbons (Fsp3) is 0.818. The van der Waals surface area contributed by atoms with Crippen LogP contribution in [0.5, 0.6) is 0 Å². The van der Waals surface area contributed by atoms with Crippen LogP contribution in [0, 0.1) is 0 Å². The molecule has 90 valence electrons. The van der Waals surface area contributed by atoms with E-state index in [1.54, 1.807) is 6.92 Å². The van der Waals surface area contributed by atoms with Crippen LogP contribution in [0.4, 0.5) is 4.39 Å². The molecule has 0 aromatic carbocycles. The summed E-state index contributed by atoms with van der Waals surface area (Å²) in [5, 5.41) is 8.75. The Hall–Kier alpha value is -0.193. The molecule has 15 heavy (non-hydrogen) atoms. The Morgan fingerprint density at radius 3 is 2.13 bits per heavy atom. The van der Waals surface area contributed by atoms with Crippen LogP contribution >= 0.6 is 0 Å². The van der Waals surface area contributed by atoms with Crippen LogP contribution in [0.1, 0.15) is 27.7 Å². The molecule has 0 radical (unpaired) electrons. The molecule has 0 amide bonds. The summed E-state index contributed by atoms with van der Waals surface area (Å²) in [6, 6.07) is 0. The molecule has 0 aromatic heterocycles. The van der Waals surface area contributed by atoms with Crippen LogP contribution in [0.3, 0.4) is 0 Å². The second-order valence-electron chi connectivity index (χ2n) is 5.39. The van der Waals surface area contributed by atoms with Crippen LogP contribution in [-0.2, 0) is 4.43 Å². The van der Waals surface area contributed by atoms with Crippen molar-refractivity contribution in [2.45, 2.75) is 45.8 Å². The second kappa shape index (κ2) is 5.23. The summed E-state index contributed by atoms with van der Waals surface area (Å²) >= 11 is 0. The van der Waals surface area contributed by atoms with Gasteiger partial charge in [0.05, 0.1) is 13.2 Å². The average molecular weight is 234 g/mol. The largest absolute Gasteiger partial charge is 0.413 e. The molecule has 4 heteroatoms. The maximum atomic E-state index is 13.0. The van der Waals surface area contributed by atoms with Crippen LogP contribution in [0.25, 0.3) is 0 Å². The lowest BCUT2D eigenvalue weighted by molar-refractivity contribution is 0.281. The summed E-state index contributed by atoms with van der Waals surface area (Å²) < 4.78 is 18.8. The van der Waals surface area contributed by atoms with Crippen molar-refractivity contribution in [3.8, 4) is 0 Å². The first-order valence-electron chi connectivity index (χ1n) is 5.21. The van der Waals surface area contributed by atoms with E-state index in [9.17, 15) is 4.39 Å². The van der Waals surface area contributed by atoms with Crippen LogP contribution in [0.2, 0.25) is 18.1 Å². The van der Waals surface area contributed by atoms with Crippen LogP contribution in [0.15, 0.2) is 11.4 Å². The van der Waals surface area contributed by atoms with Gasteiger partial charge in [0.15, 0.2) is 8.32 Å². The van der Waals surface area contributed by atoms with Crippen molar-refractivity contribution in [2.24, 2.45) is 0 Å². The van der Waals surface area contributed by atoms with Gasteiger partial charge in [-0.05, 0) is 30.6 Å². The van der Waals surface area contributed by atoms with Gasteiger partial charge in [0.2, 0.25) is 0 Å². The molecule has 0 heterocycles. The predicted octanol–water partition coefficient (Wildman–Crippen LogP) is 3.24. The molecule has 0 bridgehead atoms. The summed E-state index contributed by atoms with van der Waals surface area (Å²) in [5.74, 6) is -0.478. The number of aliphatic hydroxyl groups excluding tert-OH is 1. The minimum Gasteiger partial charge on any atom is -0.413 e. The molecule has 0 aliphatic carbocycles. The van der Waals surface area contributed by atoms with Crippen molar-refractivity contribution in [1.29, 1.82) is 0 Å². The highest BCUT2D eigenvalue weighted by Gasteiger charge is 2.37. The molecule has 0 rings (SSSR count). The number of halogens is 1. The Morgan fingerprint density at radius 2 is 1.80 bits per heavy atom. The number of hydrogen-bond acceptors (Lipinski definition) is 2. The molecular weight excluding hydrogens is 211 g/mol. The van der Waals surface area contributed by atoms with Gasteiger partial charge >= 0.3 is 0 Å². The first kappa shape index (κ1) is 14.8. The Bertz CT molecular complexity index is 241. The van der Waals surface area contributed by atoms with Gasteiger partial charge in [-0.3, -0.25) is 0 Å². The van der Waals surface area contributed by atoms with Gasteiger partial charge in [0.1, 0.15) is 5.83 Å². The van der Waals surface area contributed by atoms with Crippen molar-refractivity contribution in [1.82, 2.24) is 0 Å². The first-order valence-corrected chi connectivity index (χ1v) is 8.11. The van der Waals surface area contributed by atoms with Gasteiger partial charge in [0, 0.05) is 0 Å². The van der Waals surface area contributed by atoms with E-state index < -0.39 is 20.8 Å². The van der Waals surface area contributed by atoms with Gasteiger partial charge < -0.3 is 9.53 Å². The lowest BCUT2D eigenvalue weighted by Crippen LogP contribution is -2.41. The van der Waals surface area contributed by atoms with Crippen molar-refractivity contribution in [2.75, 3.05) is 13.2 Å². The lowest BCUT2D eigenvalue weighted by atomic mass is 10.2. The Kier molecular flexibility index (Phi) is 5.16. The van der Waals surface area contributed by atoms with E-state index in [-0.39, 0.29) is 11.6 Å². The summed E-state index contributed by atoms with van der Waals surface area (Å²) in [6.07, 6.45) is 0. The monoisotopic (exact) mass is 234 g/mol. The van der Waals surface area contributed by atoms with Gasteiger partial charge in [-0.2, -0.15) is 0 Å². The third-order valence-electron chi connectivity index (χ3n) is 3.06. The van der Waals surface area contributed by atoms with Gasteiger partial charge in [-0.15, -0.1) is 0 Å². The quantitative estimate of drug-likeness (QED) is 0.757. The molecule has 0 aliphatic rings. The van der Waals surface area contributed by atoms with Gasteiger partial charge in [-0.25, -0.2) is 4.39 Å². The normalized spacial score (nSPS) is 15.2. The predicted molar refractivity (Wildman–Crippen MR) is 64.0 cm³/mol. The van der Waals surface area contributed by atoms with E-state index in [0.29, 0.717) is 5.57 Å². The molecule has 2 nitrogen and oxygen atoms in total. The first-order chi connectivity index (χ1) is 6.62. The average Bonchev–Trinajstić information content (AvgIpc) is 2.11. The number of rotatable bonds is 4. The fourth-order valence-electron chi connectivity index (χ4n) is 0.718. The Labute approximate surface area is 93.3 Å². The highest BCUT2D eigenvalue weighted by atomic mass is 28.4. The Balaban J connectivity index is 4.41. The maximum Gasteiger partial charge on any atom is 0.192 e. The van der Waals surface area contributed by atoms with Crippen molar-refractivity contribution >= 4 is 8.32 Å². The lowest BCUT2D eigenvalue weighted by Gasteiger charge is -2.36. The summed E-state index contributed by atoms with van der Waals surface area (Å²) in [6.45, 7) is 12.1. The van der Waals surface area contributed by atoms with E-state index in [0.717, 1.165) is 0 Å². The minimum atomic E-state index is -1.81. The van der Waals surface area contributed by atoms with E-state index in [1.165, 1.54) is 0 Å². The zero-order chi connectivity index (χ0) is 12.3. The Morgan fingerprint density at radius 1 is 1.33 bits per heavy atom. The molecule has 0 aromatic rings. The summed E-state index contributed by atoms with van der Waals surface area (Å²) in [7, 11) is -1.81. The summed E-state index contributed by atoms with van der Waals surface area (Å²) in [4.78, 5) is 0. The maximum absolute atomic E-state index is 13.0. The zero-order valence-electron chi connectivity index (χ0n) is 10.6. The second-order valence-corrected chi connectivity index (χ2v) is 10.2. The molecule has 0 atom stereocenters. The van der Waals surface area contributed by atoms with Gasteiger partial charge in [-0.1, -0.05) is 20.8 Å². The molecular formula is C11H23FO2Si. The van der Waals surface area contributed by atoms with E-state index in [1.807, 2.05) is 0 Å².